The molecule has 24 heavy (non-hydrogen) atoms. The lowest BCUT2D eigenvalue weighted by Crippen LogP contribution is -2.29. The van der Waals surface area contributed by atoms with Crippen LogP contribution in [0.4, 0.5) is 5.69 Å². The number of anilines is 1. The van der Waals surface area contributed by atoms with Crippen LogP contribution < -0.4 is 10.2 Å². The minimum atomic E-state index is 0.120. The zero-order chi connectivity index (χ0) is 17.2. The van der Waals surface area contributed by atoms with E-state index in [0.717, 1.165) is 25.3 Å². The maximum atomic E-state index is 11.9. The summed E-state index contributed by atoms with van der Waals surface area (Å²) in [4.78, 5) is 14.1. The normalized spacial score (nSPS) is 10.4. The lowest BCUT2D eigenvalue weighted by Gasteiger charge is -2.19. The van der Waals surface area contributed by atoms with Gasteiger partial charge in [-0.1, -0.05) is 48.0 Å². The first kappa shape index (κ1) is 18.4. The number of benzene rings is 2. The van der Waals surface area contributed by atoms with Crippen LogP contribution in [0.5, 0.6) is 0 Å². The van der Waals surface area contributed by atoms with Crippen LogP contribution >= 0.6 is 11.8 Å². The van der Waals surface area contributed by atoms with Crippen molar-refractivity contribution in [2.45, 2.75) is 19.1 Å². The maximum Gasteiger partial charge on any atom is 0.230 e. The molecule has 0 bridgehead atoms. The third kappa shape index (κ3) is 6.67. The summed E-state index contributed by atoms with van der Waals surface area (Å²) in [5.41, 5.74) is 3.74. The number of hydrogen-bond donors (Lipinski definition) is 1. The van der Waals surface area contributed by atoms with E-state index in [9.17, 15) is 4.79 Å². The Morgan fingerprint density at radius 2 is 1.79 bits per heavy atom. The molecule has 0 saturated carbocycles. The van der Waals surface area contributed by atoms with Crippen molar-refractivity contribution in [3.05, 3.63) is 65.7 Å². The topological polar surface area (TPSA) is 32.3 Å². The van der Waals surface area contributed by atoms with Crippen molar-refractivity contribution in [2.75, 3.05) is 30.8 Å². The largest absolute Gasteiger partial charge is 0.375 e. The summed E-state index contributed by atoms with van der Waals surface area (Å²) in [7, 11) is 2.08. The van der Waals surface area contributed by atoms with E-state index >= 15 is 0 Å². The summed E-state index contributed by atoms with van der Waals surface area (Å²) in [6.07, 6.45) is 0.944. The van der Waals surface area contributed by atoms with Crippen LogP contribution in [0, 0.1) is 6.92 Å². The molecule has 0 saturated heterocycles. The van der Waals surface area contributed by atoms with E-state index in [0.29, 0.717) is 5.75 Å². The number of hydrogen-bond acceptors (Lipinski definition) is 3. The second-order valence-corrected chi connectivity index (χ2v) is 6.92. The van der Waals surface area contributed by atoms with Crippen molar-refractivity contribution in [1.82, 2.24) is 5.32 Å². The van der Waals surface area contributed by atoms with Crippen LogP contribution in [0.3, 0.4) is 0 Å². The van der Waals surface area contributed by atoms with Crippen LogP contribution in [0.2, 0.25) is 0 Å². The average molecular weight is 343 g/mol. The van der Waals surface area contributed by atoms with Gasteiger partial charge in [0, 0.05) is 31.6 Å². The molecule has 0 unspecified atom stereocenters. The molecule has 2 rings (SSSR count). The van der Waals surface area contributed by atoms with E-state index in [1.165, 1.54) is 16.8 Å². The highest BCUT2D eigenvalue weighted by atomic mass is 32.2. The Bertz CT molecular complexity index is 613. The summed E-state index contributed by atoms with van der Waals surface area (Å²) in [6.45, 7) is 3.74. The molecule has 0 heterocycles. The summed E-state index contributed by atoms with van der Waals surface area (Å²) >= 11 is 1.66. The lowest BCUT2D eigenvalue weighted by molar-refractivity contribution is -0.118. The molecular weight excluding hydrogens is 316 g/mol. The van der Waals surface area contributed by atoms with Gasteiger partial charge in [-0.15, -0.1) is 11.8 Å². The van der Waals surface area contributed by atoms with Gasteiger partial charge in [0.1, 0.15) is 0 Å². The van der Waals surface area contributed by atoms with Crippen LogP contribution in [0.15, 0.2) is 54.6 Å². The van der Waals surface area contributed by atoms with Crippen LogP contribution in [0.1, 0.15) is 17.5 Å². The van der Waals surface area contributed by atoms with Gasteiger partial charge >= 0.3 is 0 Å². The van der Waals surface area contributed by atoms with Gasteiger partial charge in [-0.2, -0.15) is 0 Å². The Kier molecular flexibility index (Phi) is 7.69. The van der Waals surface area contributed by atoms with E-state index in [-0.39, 0.29) is 5.91 Å². The number of carbonyl (C=O) groups is 1. The van der Waals surface area contributed by atoms with E-state index < -0.39 is 0 Å². The average Bonchev–Trinajstić information content (AvgIpc) is 2.61. The minimum absolute atomic E-state index is 0.120. The molecule has 1 N–H and O–H groups in total. The molecule has 3 nitrogen and oxygen atoms in total. The first-order valence-electron chi connectivity index (χ1n) is 8.31. The fourth-order valence-electron chi connectivity index (χ4n) is 2.35. The molecule has 2 aromatic carbocycles. The van der Waals surface area contributed by atoms with Crippen molar-refractivity contribution < 1.29 is 4.79 Å². The van der Waals surface area contributed by atoms with Crippen LogP contribution in [-0.2, 0) is 10.5 Å². The number of aryl methyl sites for hydroxylation is 1. The van der Waals surface area contributed by atoms with Gasteiger partial charge in [0.15, 0.2) is 0 Å². The van der Waals surface area contributed by atoms with Gasteiger partial charge in [0.05, 0.1) is 5.75 Å². The molecule has 0 aliphatic rings. The second kappa shape index (κ2) is 10.0. The maximum absolute atomic E-state index is 11.9. The molecule has 128 valence electrons. The molecule has 0 aromatic heterocycles. The fraction of sp³-hybridized carbons (Fsp3) is 0.350. The standard InChI is InChI=1S/C20H26N2OS/c1-17-9-11-18(12-10-17)15-24-16-20(23)21-13-6-14-22(2)19-7-4-3-5-8-19/h3-5,7-12H,6,13-16H2,1-2H3,(H,21,23). The Morgan fingerprint density at radius 3 is 2.50 bits per heavy atom. The highest BCUT2D eigenvalue weighted by molar-refractivity contribution is 7.99. The zero-order valence-electron chi connectivity index (χ0n) is 14.5. The SMILES string of the molecule is Cc1ccc(CSCC(=O)NCCCN(C)c2ccccc2)cc1. The Balaban J connectivity index is 1.56. The molecule has 0 atom stereocenters. The summed E-state index contributed by atoms with van der Waals surface area (Å²) in [6, 6.07) is 18.8. The predicted octanol–water partition coefficient (Wildman–Crippen LogP) is 3.87. The zero-order valence-corrected chi connectivity index (χ0v) is 15.3. The highest BCUT2D eigenvalue weighted by Crippen LogP contribution is 2.13. The number of para-hydroxylation sites is 1. The highest BCUT2D eigenvalue weighted by Gasteiger charge is 2.03. The molecular formula is C20H26N2OS. The monoisotopic (exact) mass is 342 g/mol. The molecule has 0 radical (unpaired) electrons. The quantitative estimate of drug-likeness (QED) is 0.702. The number of rotatable bonds is 9. The molecule has 0 aliphatic carbocycles. The van der Waals surface area contributed by atoms with Crippen molar-refractivity contribution in [1.29, 1.82) is 0 Å². The van der Waals surface area contributed by atoms with Crippen molar-refractivity contribution in [3.8, 4) is 0 Å². The number of nitrogens with zero attached hydrogens (tertiary/aromatic N) is 1. The third-order valence-electron chi connectivity index (χ3n) is 3.81. The van der Waals surface area contributed by atoms with Crippen molar-refractivity contribution in [2.24, 2.45) is 0 Å². The molecule has 2 aromatic rings. The summed E-state index contributed by atoms with van der Waals surface area (Å²) in [5, 5.41) is 3.00. The van der Waals surface area contributed by atoms with Crippen molar-refractivity contribution >= 4 is 23.4 Å². The van der Waals surface area contributed by atoms with Gasteiger partial charge in [-0.25, -0.2) is 0 Å². The lowest BCUT2D eigenvalue weighted by atomic mass is 10.2. The third-order valence-corrected chi connectivity index (χ3v) is 4.82. The fourth-order valence-corrected chi connectivity index (χ4v) is 3.17. The minimum Gasteiger partial charge on any atom is -0.375 e. The first-order valence-corrected chi connectivity index (χ1v) is 9.47. The van der Waals surface area contributed by atoms with Gasteiger partial charge in [-0.3, -0.25) is 4.79 Å². The first-order chi connectivity index (χ1) is 11.6. The predicted molar refractivity (Wildman–Crippen MR) is 105 cm³/mol. The number of amides is 1. The number of thioether (sulfide) groups is 1. The molecule has 1 amide bonds. The van der Waals surface area contributed by atoms with E-state index in [2.05, 4.69) is 60.6 Å². The number of nitrogens with one attached hydrogen (secondary N) is 1. The van der Waals surface area contributed by atoms with Gasteiger partial charge < -0.3 is 10.2 Å². The van der Waals surface area contributed by atoms with Crippen LogP contribution in [0.25, 0.3) is 0 Å². The Labute approximate surface area is 149 Å². The van der Waals surface area contributed by atoms with E-state index in [1.807, 2.05) is 18.2 Å². The van der Waals surface area contributed by atoms with E-state index in [4.69, 9.17) is 0 Å². The molecule has 0 aliphatic heterocycles. The molecule has 0 fully saturated rings. The summed E-state index contributed by atoms with van der Waals surface area (Å²) in [5.74, 6) is 1.52. The molecule has 4 heteroatoms. The van der Waals surface area contributed by atoms with Gasteiger partial charge in [0.2, 0.25) is 5.91 Å². The van der Waals surface area contributed by atoms with Gasteiger partial charge in [-0.05, 0) is 31.0 Å². The number of carbonyl (C=O) groups excluding carboxylic acids is 1. The van der Waals surface area contributed by atoms with Gasteiger partial charge in [0.25, 0.3) is 0 Å². The van der Waals surface area contributed by atoms with Crippen molar-refractivity contribution in [3.63, 3.8) is 0 Å². The Morgan fingerprint density at radius 1 is 1.08 bits per heavy atom. The van der Waals surface area contributed by atoms with E-state index in [1.54, 1.807) is 11.8 Å². The summed E-state index contributed by atoms with van der Waals surface area (Å²) < 4.78 is 0. The smallest absolute Gasteiger partial charge is 0.230 e. The molecule has 0 spiro atoms. The second-order valence-electron chi connectivity index (χ2n) is 5.94. The van der Waals surface area contributed by atoms with Crippen LogP contribution in [-0.4, -0.2) is 31.8 Å². The Hall–Kier alpha value is -1.94.